The normalized spacial score (nSPS) is 25.9. The number of amides is 1. The molecule has 6 nitrogen and oxygen atoms in total. The van der Waals surface area contributed by atoms with Gasteiger partial charge in [0.25, 0.3) is 5.56 Å². The van der Waals surface area contributed by atoms with Crippen LogP contribution in [0.15, 0.2) is 53.3 Å². The van der Waals surface area contributed by atoms with Crippen LogP contribution in [0.1, 0.15) is 29.8 Å². The molecule has 29 heavy (non-hydrogen) atoms. The minimum atomic E-state index is -0.419. The number of carbonyl (C=O) groups excluding carboxylic acids is 1. The van der Waals surface area contributed by atoms with Gasteiger partial charge >= 0.3 is 0 Å². The summed E-state index contributed by atoms with van der Waals surface area (Å²) in [6.07, 6.45) is 3.67. The van der Waals surface area contributed by atoms with Gasteiger partial charge in [0.1, 0.15) is 0 Å². The van der Waals surface area contributed by atoms with Crippen LogP contribution in [0.25, 0.3) is 6.08 Å². The number of allylic oxidation sites excluding steroid dienone is 1. The van der Waals surface area contributed by atoms with E-state index in [0.29, 0.717) is 18.7 Å². The number of nitrogens with zero attached hydrogens (tertiary/aromatic N) is 2. The second kappa shape index (κ2) is 7.97. The number of likely N-dealkylation sites (tertiary alicyclic amines) is 1. The molecule has 0 saturated carbocycles. The number of hydrogen-bond acceptors (Lipinski definition) is 4. The van der Waals surface area contributed by atoms with Gasteiger partial charge in [0.05, 0.1) is 12.1 Å². The third-order valence-corrected chi connectivity index (χ3v) is 6.31. The number of likely N-dealkylation sites (N-methyl/N-ethyl adjacent to an activating group) is 1. The van der Waals surface area contributed by atoms with Gasteiger partial charge in [-0.2, -0.15) is 0 Å². The van der Waals surface area contributed by atoms with Crippen molar-refractivity contribution in [3.63, 3.8) is 0 Å². The van der Waals surface area contributed by atoms with Crippen molar-refractivity contribution < 1.29 is 9.90 Å². The molecule has 1 saturated heterocycles. The third-order valence-electron chi connectivity index (χ3n) is 6.31. The van der Waals surface area contributed by atoms with E-state index in [1.807, 2.05) is 78.1 Å². The second-order valence-corrected chi connectivity index (χ2v) is 7.90. The van der Waals surface area contributed by atoms with Crippen molar-refractivity contribution in [2.75, 3.05) is 13.7 Å². The van der Waals surface area contributed by atoms with E-state index in [4.69, 9.17) is 0 Å². The zero-order valence-corrected chi connectivity index (χ0v) is 16.8. The lowest BCUT2D eigenvalue weighted by Gasteiger charge is -2.27. The number of rotatable bonds is 5. The third kappa shape index (κ3) is 3.32. The summed E-state index contributed by atoms with van der Waals surface area (Å²) in [6, 6.07) is 13.1. The second-order valence-electron chi connectivity index (χ2n) is 7.90. The van der Waals surface area contributed by atoms with Crippen LogP contribution in [0.4, 0.5) is 0 Å². The first kappa shape index (κ1) is 19.6. The van der Waals surface area contributed by atoms with Gasteiger partial charge in [0.15, 0.2) is 0 Å². The van der Waals surface area contributed by atoms with Gasteiger partial charge in [0.2, 0.25) is 5.91 Å². The van der Waals surface area contributed by atoms with Crippen molar-refractivity contribution in [2.24, 2.45) is 11.8 Å². The molecule has 2 aromatic rings. The van der Waals surface area contributed by atoms with E-state index < -0.39 is 6.04 Å². The number of hydrogen-bond donors (Lipinski definition) is 2. The van der Waals surface area contributed by atoms with Crippen LogP contribution in [0.3, 0.4) is 0 Å². The Kier molecular flexibility index (Phi) is 5.39. The average Bonchev–Trinajstić information content (AvgIpc) is 3.24. The molecule has 6 heteroatoms. The fourth-order valence-corrected chi connectivity index (χ4v) is 4.99. The summed E-state index contributed by atoms with van der Waals surface area (Å²) >= 11 is 0. The fraction of sp³-hybridized carbons (Fsp3) is 0.391. The molecular formula is C23H27N3O3. The van der Waals surface area contributed by atoms with E-state index in [9.17, 15) is 14.7 Å². The lowest BCUT2D eigenvalue weighted by molar-refractivity contribution is -0.127. The molecule has 3 heterocycles. The van der Waals surface area contributed by atoms with Gasteiger partial charge in [-0.1, -0.05) is 42.5 Å². The smallest absolute Gasteiger partial charge is 0.258 e. The Hall–Kier alpha value is -2.70. The molecule has 0 unspecified atom stereocenters. The average molecular weight is 393 g/mol. The zero-order chi connectivity index (χ0) is 20.5. The highest BCUT2D eigenvalue weighted by Gasteiger charge is 2.54. The molecule has 4 rings (SSSR count). The van der Waals surface area contributed by atoms with Gasteiger partial charge < -0.3 is 15.0 Å². The molecule has 152 valence electrons. The summed E-state index contributed by atoms with van der Waals surface area (Å²) in [6.45, 7) is 2.79. The molecule has 2 aliphatic heterocycles. The number of pyridine rings is 1. The minimum absolute atomic E-state index is 0.00910. The van der Waals surface area contributed by atoms with E-state index in [2.05, 4.69) is 5.32 Å². The Bertz CT molecular complexity index is 983. The van der Waals surface area contributed by atoms with Crippen LogP contribution >= 0.6 is 0 Å². The van der Waals surface area contributed by atoms with E-state index in [0.717, 1.165) is 11.3 Å². The topological polar surface area (TPSA) is 74.6 Å². The number of aliphatic hydroxyl groups is 1. The largest absolute Gasteiger partial charge is 0.396 e. The number of aliphatic hydroxyl groups excluding tert-OH is 1. The predicted molar refractivity (Wildman–Crippen MR) is 112 cm³/mol. The van der Waals surface area contributed by atoms with Crippen molar-refractivity contribution in [1.82, 2.24) is 14.8 Å². The monoisotopic (exact) mass is 393 g/mol. The number of aromatic nitrogens is 1. The van der Waals surface area contributed by atoms with Crippen molar-refractivity contribution in [2.45, 2.75) is 32.1 Å². The molecule has 0 aliphatic carbocycles. The minimum Gasteiger partial charge on any atom is -0.396 e. The molecule has 2 aliphatic rings. The van der Waals surface area contributed by atoms with E-state index in [1.165, 1.54) is 0 Å². The van der Waals surface area contributed by atoms with Gasteiger partial charge in [-0.15, -0.1) is 0 Å². The highest BCUT2D eigenvalue weighted by atomic mass is 16.3. The molecule has 1 amide bonds. The molecule has 0 spiro atoms. The summed E-state index contributed by atoms with van der Waals surface area (Å²) < 4.78 is 1.81. The molecule has 4 atom stereocenters. The maximum absolute atomic E-state index is 13.0. The lowest BCUT2D eigenvalue weighted by Crippen LogP contribution is -2.46. The van der Waals surface area contributed by atoms with Gasteiger partial charge in [-0.3, -0.25) is 14.5 Å². The van der Waals surface area contributed by atoms with Crippen molar-refractivity contribution >= 4 is 12.0 Å². The maximum Gasteiger partial charge on any atom is 0.258 e. The summed E-state index contributed by atoms with van der Waals surface area (Å²) in [5.74, 6) is -0.263. The van der Waals surface area contributed by atoms with Crippen molar-refractivity contribution in [3.05, 3.63) is 75.7 Å². The standard InChI is InChI=1S/C23H27N3O3/c1-3-7-16-10-11-19-20-17(13-26(19)23(16)29)18(14-27)21(25(20)2)22(28)24-12-15-8-5-4-6-9-15/h3-11,17-18,20-21,27H,12-14H2,1-2H3,(H,24,28)/b7-3+/t17-,18-,20+,21-/m1/s1. The first-order valence-electron chi connectivity index (χ1n) is 10.1. The Morgan fingerprint density at radius 3 is 2.69 bits per heavy atom. The van der Waals surface area contributed by atoms with Crippen molar-refractivity contribution in [3.8, 4) is 0 Å². The number of fused-ring (bicyclic) bond motifs is 3. The van der Waals surface area contributed by atoms with Gasteiger partial charge in [-0.25, -0.2) is 0 Å². The molecular weight excluding hydrogens is 366 g/mol. The van der Waals surface area contributed by atoms with Gasteiger partial charge in [-0.05, 0) is 31.7 Å². The summed E-state index contributed by atoms with van der Waals surface area (Å²) in [5, 5.41) is 13.1. The van der Waals surface area contributed by atoms with Crippen LogP contribution in [-0.2, 0) is 17.9 Å². The first-order valence-corrected chi connectivity index (χ1v) is 10.1. The quantitative estimate of drug-likeness (QED) is 0.812. The summed E-state index contributed by atoms with van der Waals surface area (Å²) in [5.41, 5.74) is 2.62. The Balaban J connectivity index is 1.58. The van der Waals surface area contributed by atoms with E-state index in [-0.39, 0.29) is 36.0 Å². The Labute approximate surface area is 170 Å². The van der Waals surface area contributed by atoms with Crippen LogP contribution in [0, 0.1) is 11.8 Å². The molecule has 0 bridgehead atoms. The van der Waals surface area contributed by atoms with E-state index >= 15 is 0 Å². The van der Waals surface area contributed by atoms with Crippen LogP contribution in [0.5, 0.6) is 0 Å². The summed E-state index contributed by atoms with van der Waals surface area (Å²) in [4.78, 5) is 27.8. The Morgan fingerprint density at radius 2 is 2.00 bits per heavy atom. The van der Waals surface area contributed by atoms with Crippen molar-refractivity contribution in [1.29, 1.82) is 0 Å². The highest BCUT2D eigenvalue weighted by molar-refractivity contribution is 5.82. The van der Waals surface area contributed by atoms with Crippen LogP contribution in [0.2, 0.25) is 0 Å². The molecule has 1 fully saturated rings. The number of benzene rings is 1. The first-order chi connectivity index (χ1) is 14.1. The fourth-order valence-electron chi connectivity index (χ4n) is 4.99. The predicted octanol–water partition coefficient (Wildman–Crippen LogP) is 1.79. The van der Waals surface area contributed by atoms with Gasteiger partial charge in [0, 0.05) is 42.8 Å². The molecule has 1 aromatic heterocycles. The SMILES string of the molecule is C/C=C/c1ccc2n(c1=O)C[C@@H]1[C@@H](CO)[C@H](C(=O)NCc3ccccc3)N(C)[C@H]21. The zero-order valence-electron chi connectivity index (χ0n) is 16.8. The lowest BCUT2D eigenvalue weighted by atomic mass is 9.88. The molecule has 1 aromatic carbocycles. The number of carbonyl (C=O) groups is 1. The molecule has 0 radical (unpaired) electrons. The summed E-state index contributed by atoms with van der Waals surface area (Å²) in [7, 11) is 1.92. The highest BCUT2D eigenvalue weighted by Crippen LogP contribution is 2.48. The Morgan fingerprint density at radius 1 is 1.24 bits per heavy atom. The maximum atomic E-state index is 13.0. The number of nitrogens with one attached hydrogen (secondary N) is 1. The van der Waals surface area contributed by atoms with Crippen LogP contribution < -0.4 is 10.9 Å². The van der Waals surface area contributed by atoms with E-state index in [1.54, 1.807) is 0 Å². The van der Waals surface area contributed by atoms with Crippen LogP contribution in [-0.4, -0.2) is 40.2 Å². The molecule has 2 N–H and O–H groups in total.